The van der Waals surface area contributed by atoms with Crippen LogP contribution in [0.3, 0.4) is 0 Å². The van der Waals surface area contributed by atoms with E-state index in [2.05, 4.69) is 20.3 Å². The number of aryl methyl sites for hydroxylation is 3. The Morgan fingerprint density at radius 1 is 1.06 bits per heavy atom. The first-order valence-electron chi connectivity index (χ1n) is 9.89. The largest absolute Gasteiger partial charge is 0.486 e. The first-order valence-corrected chi connectivity index (χ1v) is 9.89. The summed E-state index contributed by atoms with van der Waals surface area (Å²) in [6.07, 6.45) is 6.97. The summed E-state index contributed by atoms with van der Waals surface area (Å²) in [7, 11) is 1.93. The standard InChI is InChI=1S/C24H23N5O2/c1-16-10-17(2)22(11-20(16)23-13-29(3)15-27-23)28-24(30)21-8-7-19(12-26-21)31-14-18-6-4-5-9-25-18/h4-13,15H,14H2,1-3H3,(H,28,30). The number of anilines is 1. The molecule has 4 rings (SSSR count). The van der Waals surface area contributed by atoms with Crippen molar-refractivity contribution in [3.05, 3.63) is 89.9 Å². The number of amides is 1. The van der Waals surface area contributed by atoms with E-state index in [1.54, 1.807) is 30.9 Å². The molecule has 0 aliphatic heterocycles. The molecule has 3 heterocycles. The summed E-state index contributed by atoms with van der Waals surface area (Å²) in [6.45, 7) is 4.34. The predicted octanol–water partition coefficient (Wildman–Crippen LogP) is 4.33. The van der Waals surface area contributed by atoms with Crippen molar-refractivity contribution < 1.29 is 9.53 Å². The molecule has 31 heavy (non-hydrogen) atoms. The second-order valence-electron chi connectivity index (χ2n) is 7.35. The summed E-state index contributed by atoms with van der Waals surface area (Å²) < 4.78 is 7.58. The minimum absolute atomic E-state index is 0.282. The average Bonchev–Trinajstić information content (AvgIpc) is 3.21. The number of aromatic nitrogens is 4. The van der Waals surface area contributed by atoms with Crippen LogP contribution in [-0.4, -0.2) is 25.4 Å². The van der Waals surface area contributed by atoms with Crippen LogP contribution in [-0.2, 0) is 13.7 Å². The molecule has 0 saturated heterocycles. The maximum Gasteiger partial charge on any atom is 0.274 e. The van der Waals surface area contributed by atoms with Crippen molar-refractivity contribution in [3.8, 4) is 17.0 Å². The summed E-state index contributed by atoms with van der Waals surface area (Å²) in [5.41, 5.74) is 5.78. The van der Waals surface area contributed by atoms with Crippen molar-refractivity contribution in [1.29, 1.82) is 0 Å². The highest BCUT2D eigenvalue weighted by Gasteiger charge is 2.13. The molecule has 0 aliphatic rings. The number of rotatable bonds is 6. The van der Waals surface area contributed by atoms with Gasteiger partial charge in [-0.15, -0.1) is 0 Å². The van der Waals surface area contributed by atoms with E-state index in [0.717, 1.165) is 33.8 Å². The lowest BCUT2D eigenvalue weighted by Gasteiger charge is -2.12. The van der Waals surface area contributed by atoms with Crippen LogP contribution >= 0.6 is 0 Å². The summed E-state index contributed by atoms with van der Waals surface area (Å²) in [5.74, 6) is 0.293. The van der Waals surface area contributed by atoms with Gasteiger partial charge >= 0.3 is 0 Å². The van der Waals surface area contributed by atoms with E-state index in [-0.39, 0.29) is 5.91 Å². The zero-order valence-corrected chi connectivity index (χ0v) is 17.7. The van der Waals surface area contributed by atoms with Crippen LogP contribution in [0.5, 0.6) is 5.75 Å². The van der Waals surface area contributed by atoms with Gasteiger partial charge in [-0.25, -0.2) is 9.97 Å². The van der Waals surface area contributed by atoms with Gasteiger partial charge in [-0.1, -0.05) is 12.1 Å². The van der Waals surface area contributed by atoms with Crippen molar-refractivity contribution in [2.24, 2.45) is 7.05 Å². The Hall–Kier alpha value is -4.00. The monoisotopic (exact) mass is 413 g/mol. The maximum absolute atomic E-state index is 12.7. The highest BCUT2D eigenvalue weighted by molar-refractivity contribution is 6.03. The number of benzene rings is 1. The van der Waals surface area contributed by atoms with Gasteiger partial charge in [0.25, 0.3) is 5.91 Å². The Morgan fingerprint density at radius 3 is 2.61 bits per heavy atom. The lowest BCUT2D eigenvalue weighted by atomic mass is 10.0. The van der Waals surface area contributed by atoms with Gasteiger partial charge in [0.1, 0.15) is 18.1 Å². The van der Waals surface area contributed by atoms with Crippen LogP contribution in [0.25, 0.3) is 11.3 Å². The van der Waals surface area contributed by atoms with Gasteiger partial charge in [0.15, 0.2) is 0 Å². The number of hydrogen-bond donors (Lipinski definition) is 1. The van der Waals surface area contributed by atoms with Gasteiger partial charge in [-0.05, 0) is 55.3 Å². The molecule has 0 fully saturated rings. The number of pyridine rings is 2. The van der Waals surface area contributed by atoms with Crippen molar-refractivity contribution in [2.75, 3.05) is 5.32 Å². The first-order chi connectivity index (χ1) is 15.0. The highest BCUT2D eigenvalue weighted by Crippen LogP contribution is 2.28. The molecule has 3 aromatic heterocycles. The van der Waals surface area contributed by atoms with Crippen LogP contribution in [0.2, 0.25) is 0 Å². The molecule has 0 aliphatic carbocycles. The maximum atomic E-state index is 12.7. The first kappa shape index (κ1) is 20.3. The zero-order valence-electron chi connectivity index (χ0n) is 17.7. The molecule has 0 bridgehead atoms. The van der Waals surface area contributed by atoms with Gasteiger partial charge in [0, 0.05) is 30.7 Å². The highest BCUT2D eigenvalue weighted by atomic mass is 16.5. The molecule has 0 unspecified atom stereocenters. The van der Waals surface area contributed by atoms with E-state index in [0.29, 0.717) is 18.1 Å². The molecule has 156 valence electrons. The number of imidazole rings is 1. The SMILES string of the molecule is Cc1cc(C)c(-c2cn(C)cn2)cc1NC(=O)c1ccc(OCc2ccccn2)cn1. The third-order valence-corrected chi connectivity index (χ3v) is 4.88. The summed E-state index contributed by atoms with van der Waals surface area (Å²) in [4.78, 5) is 25.6. The molecule has 1 amide bonds. The third-order valence-electron chi connectivity index (χ3n) is 4.88. The lowest BCUT2D eigenvalue weighted by molar-refractivity contribution is 0.102. The number of hydrogen-bond acceptors (Lipinski definition) is 5. The minimum Gasteiger partial charge on any atom is -0.486 e. The Bertz CT molecular complexity index is 1200. The topological polar surface area (TPSA) is 81.9 Å². The molecule has 7 nitrogen and oxygen atoms in total. The van der Waals surface area contributed by atoms with Crippen LogP contribution in [0.15, 0.2) is 67.4 Å². The van der Waals surface area contributed by atoms with Crippen molar-refractivity contribution in [3.63, 3.8) is 0 Å². The number of ether oxygens (including phenoxy) is 1. The van der Waals surface area contributed by atoms with Gasteiger partial charge < -0.3 is 14.6 Å². The summed E-state index contributed by atoms with van der Waals surface area (Å²) in [5, 5.41) is 2.96. The summed E-state index contributed by atoms with van der Waals surface area (Å²) >= 11 is 0. The molecular weight excluding hydrogens is 390 g/mol. The fourth-order valence-electron chi connectivity index (χ4n) is 3.24. The summed E-state index contributed by atoms with van der Waals surface area (Å²) in [6, 6.07) is 13.0. The van der Waals surface area contributed by atoms with Gasteiger partial charge in [-0.3, -0.25) is 9.78 Å². The molecule has 0 radical (unpaired) electrons. The normalized spacial score (nSPS) is 10.7. The second kappa shape index (κ2) is 8.79. The van der Waals surface area contributed by atoms with Gasteiger partial charge in [0.05, 0.1) is 23.9 Å². The third kappa shape index (κ3) is 4.78. The molecular formula is C24H23N5O2. The Labute approximate surface area is 180 Å². The van der Waals surface area contributed by atoms with E-state index in [1.165, 1.54) is 0 Å². The van der Waals surface area contributed by atoms with E-state index in [4.69, 9.17) is 4.74 Å². The van der Waals surface area contributed by atoms with Crippen LogP contribution in [0, 0.1) is 13.8 Å². The quantitative estimate of drug-likeness (QED) is 0.509. The second-order valence-corrected chi connectivity index (χ2v) is 7.35. The lowest BCUT2D eigenvalue weighted by Crippen LogP contribution is -2.14. The average molecular weight is 413 g/mol. The molecule has 7 heteroatoms. The van der Waals surface area contributed by atoms with E-state index >= 15 is 0 Å². The van der Waals surface area contributed by atoms with E-state index in [1.807, 2.05) is 62.0 Å². The number of carbonyl (C=O) groups is 1. The van der Waals surface area contributed by atoms with E-state index < -0.39 is 0 Å². The van der Waals surface area contributed by atoms with Crippen molar-refractivity contribution in [2.45, 2.75) is 20.5 Å². The van der Waals surface area contributed by atoms with E-state index in [9.17, 15) is 4.79 Å². The van der Waals surface area contributed by atoms with Crippen molar-refractivity contribution in [1.82, 2.24) is 19.5 Å². The Kier molecular flexibility index (Phi) is 5.75. The Balaban J connectivity index is 1.46. The molecule has 4 aromatic rings. The van der Waals surface area contributed by atoms with Crippen LogP contribution in [0.1, 0.15) is 27.3 Å². The van der Waals surface area contributed by atoms with Gasteiger partial charge in [0.2, 0.25) is 0 Å². The fraction of sp³-hybridized carbons (Fsp3) is 0.167. The minimum atomic E-state index is -0.282. The number of nitrogens with one attached hydrogen (secondary N) is 1. The molecule has 1 aromatic carbocycles. The molecule has 0 atom stereocenters. The van der Waals surface area contributed by atoms with Crippen molar-refractivity contribution >= 4 is 11.6 Å². The zero-order chi connectivity index (χ0) is 21.8. The Morgan fingerprint density at radius 2 is 1.94 bits per heavy atom. The molecule has 0 spiro atoms. The molecule has 0 saturated carbocycles. The smallest absolute Gasteiger partial charge is 0.274 e. The molecule has 1 N–H and O–H groups in total. The van der Waals surface area contributed by atoms with Crippen LogP contribution < -0.4 is 10.1 Å². The predicted molar refractivity (Wildman–Crippen MR) is 119 cm³/mol. The number of nitrogens with zero attached hydrogens (tertiary/aromatic N) is 4. The number of carbonyl (C=O) groups excluding carboxylic acids is 1. The van der Waals surface area contributed by atoms with Gasteiger partial charge in [-0.2, -0.15) is 0 Å². The fourth-order valence-corrected chi connectivity index (χ4v) is 3.24. The van der Waals surface area contributed by atoms with Crippen LogP contribution in [0.4, 0.5) is 5.69 Å².